The summed E-state index contributed by atoms with van der Waals surface area (Å²) in [5, 5.41) is 0. The van der Waals surface area contributed by atoms with Gasteiger partial charge in [0.05, 0.1) is 16.8 Å². The molecule has 0 unspecified atom stereocenters. The maximum Gasteiger partial charge on any atom is 0.263 e. The zero-order chi connectivity index (χ0) is 12.0. The van der Waals surface area contributed by atoms with E-state index in [0.717, 1.165) is 4.90 Å². The van der Waals surface area contributed by atoms with Crippen molar-refractivity contribution < 1.29 is 14.4 Å². The highest BCUT2D eigenvalue weighted by Gasteiger charge is 2.35. The molecule has 2 rings (SSSR count). The van der Waals surface area contributed by atoms with Gasteiger partial charge in [0.2, 0.25) is 0 Å². The first-order chi connectivity index (χ1) is 7.45. The van der Waals surface area contributed by atoms with Crippen LogP contribution in [0.5, 0.6) is 0 Å². The zero-order valence-corrected chi connectivity index (χ0v) is 8.90. The lowest BCUT2D eigenvalue weighted by molar-refractivity contribution is 0.0693. The van der Waals surface area contributed by atoms with Crippen molar-refractivity contribution in [3.8, 4) is 0 Å². The zero-order valence-electron chi connectivity index (χ0n) is 8.90. The molecule has 0 bridgehead atoms. The van der Waals surface area contributed by atoms with Gasteiger partial charge in [0.15, 0.2) is 5.78 Å². The number of hydrogen-bond donors (Lipinski definition) is 1. The Hall–Kier alpha value is -2.17. The van der Waals surface area contributed by atoms with E-state index in [1.54, 1.807) is 0 Å². The summed E-state index contributed by atoms with van der Waals surface area (Å²) in [7, 11) is 1.39. The largest absolute Gasteiger partial charge is 0.397 e. The molecule has 0 radical (unpaired) electrons. The van der Waals surface area contributed by atoms with Gasteiger partial charge in [0.1, 0.15) is 0 Å². The maximum absolute atomic E-state index is 11.7. The second kappa shape index (κ2) is 3.16. The molecule has 1 heterocycles. The van der Waals surface area contributed by atoms with Crippen LogP contribution in [0.15, 0.2) is 12.1 Å². The number of fused-ring (bicyclic) bond motifs is 1. The molecular weight excluding hydrogens is 208 g/mol. The first-order valence-corrected chi connectivity index (χ1v) is 4.71. The molecule has 0 aliphatic carbocycles. The molecule has 1 aliphatic heterocycles. The minimum Gasteiger partial charge on any atom is -0.397 e. The van der Waals surface area contributed by atoms with Crippen molar-refractivity contribution in [2.45, 2.75) is 6.92 Å². The van der Waals surface area contributed by atoms with Crippen molar-refractivity contribution in [1.82, 2.24) is 4.90 Å². The second-order valence-electron chi connectivity index (χ2n) is 3.67. The number of benzene rings is 1. The SMILES string of the molecule is CC(=O)c1ccc2c(c1N)C(=O)N(C)C2=O. The molecule has 1 aromatic rings. The Morgan fingerprint density at radius 2 is 1.88 bits per heavy atom. The Balaban J connectivity index is 2.74. The van der Waals surface area contributed by atoms with E-state index in [1.807, 2.05) is 0 Å². The van der Waals surface area contributed by atoms with E-state index in [2.05, 4.69) is 0 Å². The summed E-state index contributed by atoms with van der Waals surface area (Å²) in [4.78, 5) is 35.6. The third-order valence-corrected chi connectivity index (χ3v) is 2.68. The van der Waals surface area contributed by atoms with E-state index in [-0.39, 0.29) is 34.1 Å². The van der Waals surface area contributed by atoms with Crippen LogP contribution in [0.25, 0.3) is 0 Å². The Morgan fingerprint density at radius 1 is 1.25 bits per heavy atom. The van der Waals surface area contributed by atoms with Crippen LogP contribution < -0.4 is 5.73 Å². The monoisotopic (exact) mass is 218 g/mol. The first-order valence-electron chi connectivity index (χ1n) is 4.71. The number of anilines is 1. The summed E-state index contributed by atoms with van der Waals surface area (Å²) in [6.45, 7) is 1.36. The van der Waals surface area contributed by atoms with Gasteiger partial charge in [-0.15, -0.1) is 0 Å². The predicted octanol–water partition coefficient (Wildman–Crippen LogP) is 0.697. The number of amides is 2. The van der Waals surface area contributed by atoms with Crippen molar-refractivity contribution in [3.63, 3.8) is 0 Å². The lowest BCUT2D eigenvalue weighted by Gasteiger charge is -2.05. The molecule has 2 amide bonds. The van der Waals surface area contributed by atoms with Crippen molar-refractivity contribution in [2.24, 2.45) is 0 Å². The smallest absolute Gasteiger partial charge is 0.263 e. The molecule has 0 spiro atoms. The number of rotatable bonds is 1. The molecule has 0 fully saturated rings. The van der Waals surface area contributed by atoms with E-state index < -0.39 is 5.91 Å². The molecular formula is C11H10N2O3. The third-order valence-electron chi connectivity index (χ3n) is 2.68. The Morgan fingerprint density at radius 3 is 2.44 bits per heavy atom. The van der Waals surface area contributed by atoms with Gasteiger partial charge in [0, 0.05) is 12.6 Å². The lowest BCUT2D eigenvalue weighted by atomic mass is 10.0. The van der Waals surface area contributed by atoms with Crippen LogP contribution in [0.4, 0.5) is 5.69 Å². The van der Waals surface area contributed by atoms with Gasteiger partial charge in [-0.1, -0.05) is 0 Å². The number of nitrogen functional groups attached to an aromatic ring is 1. The van der Waals surface area contributed by atoms with Crippen molar-refractivity contribution >= 4 is 23.3 Å². The number of nitrogens with two attached hydrogens (primary N) is 1. The van der Waals surface area contributed by atoms with Gasteiger partial charge < -0.3 is 5.73 Å². The molecule has 2 N–H and O–H groups in total. The van der Waals surface area contributed by atoms with Crippen molar-refractivity contribution in [2.75, 3.05) is 12.8 Å². The number of imide groups is 1. The molecule has 82 valence electrons. The highest BCUT2D eigenvalue weighted by atomic mass is 16.2. The lowest BCUT2D eigenvalue weighted by Crippen LogP contribution is -2.24. The van der Waals surface area contributed by atoms with E-state index in [1.165, 1.54) is 26.1 Å². The molecule has 0 saturated heterocycles. The third kappa shape index (κ3) is 1.14. The molecule has 16 heavy (non-hydrogen) atoms. The summed E-state index contributed by atoms with van der Waals surface area (Å²) >= 11 is 0. The average molecular weight is 218 g/mol. The summed E-state index contributed by atoms with van der Waals surface area (Å²) < 4.78 is 0. The number of hydrogen-bond acceptors (Lipinski definition) is 4. The average Bonchev–Trinajstić information content (AvgIpc) is 2.44. The summed E-state index contributed by atoms with van der Waals surface area (Å²) in [6.07, 6.45) is 0. The number of nitrogens with zero attached hydrogens (tertiary/aromatic N) is 1. The number of carbonyl (C=O) groups excluding carboxylic acids is 3. The van der Waals surface area contributed by atoms with Crippen LogP contribution in [0.1, 0.15) is 38.0 Å². The van der Waals surface area contributed by atoms with E-state index in [0.29, 0.717) is 0 Å². The molecule has 0 atom stereocenters. The first kappa shape index (κ1) is 10.4. The van der Waals surface area contributed by atoms with Gasteiger partial charge in [-0.05, 0) is 19.1 Å². The van der Waals surface area contributed by atoms with Crippen LogP contribution in [0, 0.1) is 0 Å². The van der Waals surface area contributed by atoms with E-state index in [4.69, 9.17) is 5.73 Å². The molecule has 0 aromatic heterocycles. The van der Waals surface area contributed by atoms with Crippen LogP contribution in [-0.4, -0.2) is 29.5 Å². The number of ketones is 1. The van der Waals surface area contributed by atoms with Crippen LogP contribution in [0.3, 0.4) is 0 Å². The molecule has 5 nitrogen and oxygen atoms in total. The fourth-order valence-electron chi connectivity index (χ4n) is 1.78. The predicted molar refractivity (Wildman–Crippen MR) is 57.3 cm³/mol. The fourth-order valence-corrected chi connectivity index (χ4v) is 1.78. The Kier molecular flexibility index (Phi) is 2.05. The molecule has 1 aromatic carbocycles. The van der Waals surface area contributed by atoms with Crippen LogP contribution in [-0.2, 0) is 0 Å². The topological polar surface area (TPSA) is 80.5 Å². The standard InChI is InChI=1S/C11H10N2O3/c1-5(14)6-3-4-7-8(9(6)12)11(16)13(2)10(7)15/h3-4H,12H2,1-2H3. The van der Waals surface area contributed by atoms with Crippen molar-refractivity contribution in [3.05, 3.63) is 28.8 Å². The van der Waals surface area contributed by atoms with Gasteiger partial charge in [0.25, 0.3) is 11.8 Å². The van der Waals surface area contributed by atoms with Gasteiger partial charge in [-0.25, -0.2) is 0 Å². The van der Waals surface area contributed by atoms with Gasteiger partial charge >= 0.3 is 0 Å². The number of Topliss-reactive ketones (excluding diaryl/α,β-unsaturated/α-hetero) is 1. The minimum atomic E-state index is -0.458. The highest BCUT2D eigenvalue weighted by Crippen LogP contribution is 2.29. The van der Waals surface area contributed by atoms with Gasteiger partial charge in [-0.2, -0.15) is 0 Å². The van der Waals surface area contributed by atoms with Crippen LogP contribution >= 0.6 is 0 Å². The number of carbonyl (C=O) groups is 3. The van der Waals surface area contributed by atoms with E-state index in [9.17, 15) is 14.4 Å². The van der Waals surface area contributed by atoms with Gasteiger partial charge in [-0.3, -0.25) is 19.3 Å². The Labute approximate surface area is 91.8 Å². The molecule has 5 heteroatoms. The quantitative estimate of drug-likeness (QED) is 0.427. The molecule has 1 aliphatic rings. The Bertz CT molecular complexity index is 534. The fraction of sp³-hybridized carbons (Fsp3) is 0.182. The summed E-state index contributed by atoms with van der Waals surface area (Å²) in [6, 6.07) is 2.94. The minimum absolute atomic E-state index is 0.0905. The second-order valence-corrected chi connectivity index (χ2v) is 3.67. The summed E-state index contributed by atoms with van der Waals surface area (Å²) in [5.74, 6) is -1.07. The van der Waals surface area contributed by atoms with E-state index >= 15 is 0 Å². The normalized spacial score (nSPS) is 14.2. The summed E-state index contributed by atoms with van der Waals surface area (Å²) in [5.41, 5.74) is 6.49. The van der Waals surface area contributed by atoms with Crippen molar-refractivity contribution in [1.29, 1.82) is 0 Å². The van der Waals surface area contributed by atoms with Crippen LogP contribution in [0.2, 0.25) is 0 Å². The maximum atomic E-state index is 11.7. The highest BCUT2D eigenvalue weighted by molar-refractivity contribution is 6.24. The molecule has 0 saturated carbocycles.